The van der Waals surface area contributed by atoms with Crippen LogP contribution in [0.1, 0.15) is 18.4 Å². The lowest BCUT2D eigenvalue weighted by atomic mass is 9.88. The van der Waals surface area contributed by atoms with Gasteiger partial charge in [0.1, 0.15) is 0 Å². The molecule has 0 aliphatic carbocycles. The lowest BCUT2D eigenvalue weighted by Crippen LogP contribution is -2.43. The van der Waals surface area contributed by atoms with Crippen molar-refractivity contribution in [3.8, 4) is 0 Å². The Balaban J connectivity index is 2.16. The molecule has 1 aromatic rings. The summed E-state index contributed by atoms with van der Waals surface area (Å²) in [5, 5.41) is 11.2. The average Bonchev–Trinajstić information content (AvgIpc) is 2.68. The Labute approximate surface area is 139 Å². The van der Waals surface area contributed by atoms with Gasteiger partial charge in [-0.15, -0.1) is 0 Å². The Hall–Kier alpha value is -1.07. The Kier molecular flexibility index (Phi) is 4.21. The number of aliphatic hydroxyl groups excluding tert-OH is 1. The molecule has 1 aromatic carbocycles. The molecule has 2 unspecified atom stereocenters. The first kappa shape index (κ1) is 15.8. The summed E-state index contributed by atoms with van der Waals surface area (Å²) in [4.78, 5) is 14.4. The molecule has 0 radical (unpaired) electrons. The third-order valence-electron chi connectivity index (χ3n) is 4.63. The number of hydrogen-bond donors (Lipinski definition) is 1. The number of esters is 1. The van der Waals surface area contributed by atoms with E-state index >= 15 is 0 Å². The highest BCUT2D eigenvalue weighted by atomic mass is 35.5. The highest BCUT2D eigenvalue weighted by Gasteiger charge is 2.47. The van der Waals surface area contributed by atoms with Crippen molar-refractivity contribution in [3.05, 3.63) is 39.4 Å². The first-order valence-electron chi connectivity index (χ1n) is 7.10. The van der Waals surface area contributed by atoms with E-state index in [0.717, 1.165) is 11.1 Å². The van der Waals surface area contributed by atoms with Crippen LogP contribution in [0.3, 0.4) is 0 Å². The lowest BCUT2D eigenvalue weighted by Gasteiger charge is -2.34. The number of hydrogen-bond acceptors (Lipinski definition) is 4. The molecular weight excluding hydrogens is 325 g/mol. The molecule has 2 bridgehead atoms. The minimum absolute atomic E-state index is 0.206. The molecule has 1 saturated heterocycles. The van der Waals surface area contributed by atoms with E-state index in [0.29, 0.717) is 28.5 Å². The fourth-order valence-electron chi connectivity index (χ4n) is 3.53. The molecule has 2 heterocycles. The van der Waals surface area contributed by atoms with E-state index in [1.807, 2.05) is 13.1 Å². The van der Waals surface area contributed by atoms with E-state index < -0.39 is 12.1 Å². The summed E-state index contributed by atoms with van der Waals surface area (Å²) < 4.78 is 4.95. The van der Waals surface area contributed by atoms with Crippen molar-refractivity contribution in [2.45, 2.75) is 31.0 Å². The van der Waals surface area contributed by atoms with Gasteiger partial charge in [0.15, 0.2) is 0 Å². The first-order valence-corrected chi connectivity index (χ1v) is 7.86. The normalized spacial score (nSPS) is 28.1. The van der Waals surface area contributed by atoms with Gasteiger partial charge in [0, 0.05) is 6.04 Å². The number of methoxy groups -OCH3 is 1. The van der Waals surface area contributed by atoms with Gasteiger partial charge in [-0.05, 0) is 43.2 Å². The molecular formula is C16H17Cl2NO3. The highest BCUT2D eigenvalue weighted by molar-refractivity contribution is 6.42. The van der Waals surface area contributed by atoms with Crippen molar-refractivity contribution in [3.63, 3.8) is 0 Å². The minimum Gasteiger partial charge on any atom is -0.466 e. The number of halogens is 2. The third kappa shape index (κ3) is 2.44. The van der Waals surface area contributed by atoms with Gasteiger partial charge in [-0.1, -0.05) is 29.3 Å². The lowest BCUT2D eigenvalue weighted by molar-refractivity contribution is -0.137. The summed E-state index contributed by atoms with van der Waals surface area (Å²) in [6.07, 6.45) is 0.753. The summed E-state index contributed by atoms with van der Waals surface area (Å²) >= 11 is 12.1. The number of carbonyl (C=O) groups is 1. The second-order valence-corrected chi connectivity index (χ2v) is 6.60. The van der Waals surface area contributed by atoms with E-state index in [4.69, 9.17) is 27.9 Å². The fourth-order valence-corrected chi connectivity index (χ4v) is 3.83. The van der Waals surface area contributed by atoms with Gasteiger partial charge >= 0.3 is 5.97 Å². The predicted molar refractivity (Wildman–Crippen MR) is 86.0 cm³/mol. The smallest absolute Gasteiger partial charge is 0.335 e. The molecule has 6 heteroatoms. The van der Waals surface area contributed by atoms with E-state index in [2.05, 4.69) is 4.90 Å². The summed E-state index contributed by atoms with van der Waals surface area (Å²) in [5.41, 5.74) is 2.26. The maximum atomic E-state index is 12.3. The molecule has 0 saturated carbocycles. The van der Waals surface area contributed by atoms with Crippen molar-refractivity contribution in [2.75, 3.05) is 14.2 Å². The second-order valence-electron chi connectivity index (χ2n) is 5.78. The number of ether oxygens (including phenoxy) is 1. The van der Waals surface area contributed by atoms with Crippen LogP contribution in [0.25, 0.3) is 5.57 Å². The molecule has 1 fully saturated rings. The molecule has 2 aliphatic rings. The van der Waals surface area contributed by atoms with Crippen molar-refractivity contribution in [1.82, 2.24) is 4.90 Å². The van der Waals surface area contributed by atoms with Crippen LogP contribution < -0.4 is 0 Å². The van der Waals surface area contributed by atoms with E-state index in [1.54, 1.807) is 12.1 Å². The van der Waals surface area contributed by atoms with E-state index in [1.165, 1.54) is 7.11 Å². The standard InChI is InChI=1S/C16H17Cl2NO3/c1-19-9-6-10(8-3-4-11(17)12(18)5-8)14(16(21)22-2)15(19)13(20)7-9/h3-5,9,13,15,20H,6-7H2,1-2H3/t9?,13?,15-/m1/s1. The number of rotatable bonds is 2. The zero-order valence-electron chi connectivity index (χ0n) is 12.3. The quantitative estimate of drug-likeness (QED) is 0.840. The van der Waals surface area contributed by atoms with Crippen molar-refractivity contribution >= 4 is 34.7 Å². The first-order chi connectivity index (χ1) is 10.4. The SMILES string of the molecule is COC(=O)C1=C(c2ccc(Cl)c(Cl)c2)CC2CC(O)[C@H]1N2C. The highest BCUT2D eigenvalue weighted by Crippen LogP contribution is 2.43. The van der Waals surface area contributed by atoms with Crippen LogP contribution in [-0.4, -0.2) is 48.3 Å². The second kappa shape index (κ2) is 5.85. The number of aliphatic hydroxyl groups is 1. The van der Waals surface area contributed by atoms with Crippen molar-refractivity contribution in [1.29, 1.82) is 0 Å². The van der Waals surface area contributed by atoms with Crippen LogP contribution in [0.4, 0.5) is 0 Å². The Morgan fingerprint density at radius 3 is 2.73 bits per heavy atom. The fraction of sp³-hybridized carbons (Fsp3) is 0.438. The van der Waals surface area contributed by atoms with Crippen LogP contribution in [0, 0.1) is 0 Å². The Morgan fingerprint density at radius 2 is 2.09 bits per heavy atom. The van der Waals surface area contributed by atoms with Gasteiger partial charge in [0.2, 0.25) is 0 Å². The zero-order valence-corrected chi connectivity index (χ0v) is 13.9. The summed E-state index contributed by atoms with van der Waals surface area (Å²) in [5.74, 6) is -0.405. The number of likely N-dealkylation sites (N-methyl/N-ethyl adjacent to an activating group) is 1. The Bertz CT molecular complexity index is 659. The number of fused-ring (bicyclic) bond motifs is 2. The van der Waals surface area contributed by atoms with E-state index in [9.17, 15) is 9.90 Å². The number of benzene rings is 1. The van der Waals surface area contributed by atoms with Gasteiger partial charge in [0.25, 0.3) is 0 Å². The number of carbonyl (C=O) groups excluding carboxylic acids is 1. The topological polar surface area (TPSA) is 49.8 Å². The monoisotopic (exact) mass is 341 g/mol. The molecule has 4 nitrogen and oxygen atoms in total. The summed E-state index contributed by atoms with van der Waals surface area (Å²) in [6, 6.07) is 5.20. The molecule has 1 N–H and O–H groups in total. The van der Waals surface area contributed by atoms with Crippen LogP contribution in [0.5, 0.6) is 0 Å². The number of nitrogens with zero attached hydrogens (tertiary/aromatic N) is 1. The van der Waals surface area contributed by atoms with Crippen LogP contribution in [0.15, 0.2) is 23.8 Å². The zero-order chi connectivity index (χ0) is 16.0. The van der Waals surface area contributed by atoms with Crippen LogP contribution in [0.2, 0.25) is 10.0 Å². The molecule has 3 rings (SSSR count). The van der Waals surface area contributed by atoms with Crippen molar-refractivity contribution < 1.29 is 14.6 Å². The average molecular weight is 342 g/mol. The van der Waals surface area contributed by atoms with Crippen LogP contribution >= 0.6 is 23.2 Å². The summed E-state index contributed by atoms with van der Waals surface area (Å²) in [6.45, 7) is 0. The van der Waals surface area contributed by atoms with E-state index in [-0.39, 0.29) is 12.1 Å². The van der Waals surface area contributed by atoms with Crippen molar-refractivity contribution in [2.24, 2.45) is 0 Å². The maximum absolute atomic E-state index is 12.3. The van der Waals surface area contributed by atoms with Gasteiger partial charge in [-0.25, -0.2) is 4.79 Å². The molecule has 118 valence electrons. The minimum atomic E-state index is -0.565. The largest absolute Gasteiger partial charge is 0.466 e. The van der Waals surface area contributed by atoms with Crippen LogP contribution in [-0.2, 0) is 9.53 Å². The molecule has 22 heavy (non-hydrogen) atoms. The molecule has 2 aliphatic heterocycles. The molecule has 0 spiro atoms. The maximum Gasteiger partial charge on any atom is 0.335 e. The van der Waals surface area contributed by atoms with Gasteiger partial charge < -0.3 is 9.84 Å². The summed E-state index contributed by atoms with van der Waals surface area (Å²) in [7, 11) is 3.29. The van der Waals surface area contributed by atoms with Gasteiger partial charge in [-0.2, -0.15) is 0 Å². The molecule has 3 atom stereocenters. The van der Waals surface area contributed by atoms with Gasteiger partial charge in [0.05, 0.1) is 34.9 Å². The Morgan fingerprint density at radius 1 is 1.36 bits per heavy atom. The predicted octanol–water partition coefficient (Wildman–Crippen LogP) is 2.76. The third-order valence-corrected chi connectivity index (χ3v) is 5.37. The molecule has 0 aromatic heterocycles. The van der Waals surface area contributed by atoms with Gasteiger partial charge in [-0.3, -0.25) is 4.90 Å². The molecule has 0 amide bonds.